The Balaban J connectivity index is 1.39. The van der Waals surface area contributed by atoms with Crippen molar-refractivity contribution >= 4 is 38.4 Å². The maximum atomic E-state index is 14.7. The molecule has 3 fully saturated rings. The first kappa shape index (κ1) is 30.3. The van der Waals surface area contributed by atoms with Crippen LogP contribution in [0.25, 0.3) is 27.9 Å². The number of esters is 1. The summed E-state index contributed by atoms with van der Waals surface area (Å²) in [5.41, 5.74) is 2.77. The molecule has 11 nitrogen and oxygen atoms in total. The number of benzene rings is 1. The molecule has 4 aromatic heterocycles. The monoisotopic (exact) mass is 646 g/mol. The van der Waals surface area contributed by atoms with E-state index < -0.39 is 15.8 Å². The first-order valence-corrected chi connectivity index (χ1v) is 16.9. The fraction of sp³-hybridized carbons (Fsp3) is 0.394. The van der Waals surface area contributed by atoms with Gasteiger partial charge in [0.2, 0.25) is 0 Å². The molecule has 3 saturated carbocycles. The van der Waals surface area contributed by atoms with Crippen molar-refractivity contribution in [2.75, 3.05) is 19.0 Å². The van der Waals surface area contributed by atoms with Gasteiger partial charge in [0.25, 0.3) is 10.0 Å². The molecule has 46 heavy (non-hydrogen) atoms. The molecule has 240 valence electrons. The molecular formula is C33H35FN6O5S. The highest BCUT2D eigenvalue weighted by Gasteiger charge is 2.48. The molecule has 0 unspecified atom stereocenters. The van der Waals surface area contributed by atoms with Crippen molar-refractivity contribution in [1.82, 2.24) is 23.6 Å². The lowest BCUT2D eigenvalue weighted by atomic mass is 9.61. The molecule has 13 heteroatoms. The lowest BCUT2D eigenvalue weighted by Gasteiger charge is -2.47. The topological polar surface area (TPSA) is 130 Å². The van der Waals surface area contributed by atoms with Crippen molar-refractivity contribution in [2.24, 2.45) is 17.8 Å². The summed E-state index contributed by atoms with van der Waals surface area (Å²) in [6.45, 7) is 4.32. The zero-order chi connectivity index (χ0) is 32.2. The Morgan fingerprint density at radius 2 is 1.83 bits per heavy atom. The number of nitrogens with one attached hydrogen (secondary N) is 1. The molecule has 8 rings (SSSR count). The third kappa shape index (κ3) is 5.20. The van der Waals surface area contributed by atoms with Crippen LogP contribution in [0, 0.1) is 30.5 Å². The van der Waals surface area contributed by atoms with Crippen LogP contribution in [0.1, 0.15) is 43.7 Å². The zero-order valence-electron chi connectivity index (χ0n) is 25.8. The summed E-state index contributed by atoms with van der Waals surface area (Å²) in [4.78, 5) is 22.4. The summed E-state index contributed by atoms with van der Waals surface area (Å²) in [6.07, 6.45) is 8.14. The molecule has 0 radical (unpaired) electrons. The van der Waals surface area contributed by atoms with E-state index in [4.69, 9.17) is 19.6 Å². The maximum Gasteiger partial charge on any atom is 0.311 e. The summed E-state index contributed by atoms with van der Waals surface area (Å²) < 4.78 is 56.0. The molecule has 0 aliphatic heterocycles. The largest absolute Gasteiger partial charge is 0.466 e. The first-order chi connectivity index (χ1) is 22.2. The molecule has 2 atom stereocenters. The van der Waals surface area contributed by atoms with Crippen LogP contribution in [0.5, 0.6) is 0 Å². The number of fused-ring (bicyclic) bond motifs is 5. The number of hydrogen-bond acceptors (Lipinski definition) is 9. The Bertz CT molecular complexity index is 2050. The van der Waals surface area contributed by atoms with Gasteiger partial charge < -0.3 is 14.8 Å². The Morgan fingerprint density at radius 3 is 2.54 bits per heavy atom. The fourth-order valence-electron chi connectivity index (χ4n) is 7.15. The highest BCUT2D eigenvalue weighted by atomic mass is 32.2. The van der Waals surface area contributed by atoms with E-state index in [2.05, 4.69) is 10.3 Å². The number of aryl methyl sites for hydroxylation is 1. The molecule has 1 aromatic carbocycles. The van der Waals surface area contributed by atoms with Gasteiger partial charge in [-0.15, -0.1) is 5.10 Å². The second kappa shape index (κ2) is 11.8. The summed E-state index contributed by atoms with van der Waals surface area (Å²) >= 11 is 0. The third-order valence-electron chi connectivity index (χ3n) is 9.31. The van der Waals surface area contributed by atoms with Crippen molar-refractivity contribution in [3.63, 3.8) is 0 Å². The zero-order valence-corrected chi connectivity index (χ0v) is 26.6. The predicted molar refractivity (Wildman–Crippen MR) is 169 cm³/mol. The van der Waals surface area contributed by atoms with Crippen molar-refractivity contribution < 1.29 is 27.1 Å². The SMILES string of the molecule is CCOC(=O)[C@H]1C2CCC(CC2)[C@@H]1Nc1nc(-c2cn(S(=O)(=O)c3ccc(C)cc3)c3ncc(F)cc23)nn2cc(COC)cc12. The van der Waals surface area contributed by atoms with Crippen LogP contribution in [0.3, 0.4) is 0 Å². The standard InChI is InChI=1S/C33H35FN6O5S/c1-4-45-33(41)28-21-7-9-22(10-8-21)29(28)36-31-27-13-20(18-44-3)16-39(27)38-30(37-31)26-17-40(32-25(26)14-23(34)15-35-32)46(42,43)24-11-5-19(2)6-12-24/h5-6,11-17,21-22,28-29H,4,7-10,18H2,1-3H3,(H,36,37,38)/t21?,22?,28-,29-/m0/s1. The Morgan fingerprint density at radius 1 is 1.09 bits per heavy atom. The van der Waals surface area contributed by atoms with Gasteiger partial charge in [0.05, 0.1) is 30.2 Å². The van der Waals surface area contributed by atoms with Gasteiger partial charge in [-0.2, -0.15) is 0 Å². The second-order valence-corrected chi connectivity index (χ2v) is 14.0. The number of hydrogen-bond donors (Lipinski definition) is 1. The van der Waals surface area contributed by atoms with Gasteiger partial charge in [-0.3, -0.25) is 4.79 Å². The van der Waals surface area contributed by atoms with Gasteiger partial charge in [-0.25, -0.2) is 31.3 Å². The van der Waals surface area contributed by atoms with Crippen LogP contribution in [0.15, 0.2) is 59.9 Å². The van der Waals surface area contributed by atoms with E-state index in [0.29, 0.717) is 24.5 Å². The molecular weight excluding hydrogens is 611 g/mol. The summed E-state index contributed by atoms with van der Waals surface area (Å²) in [6, 6.07) is 9.43. The summed E-state index contributed by atoms with van der Waals surface area (Å²) in [7, 11) is -2.50. The number of pyridine rings is 1. The quantitative estimate of drug-likeness (QED) is 0.211. The Kier molecular flexibility index (Phi) is 7.76. The minimum absolute atomic E-state index is 0.0507. The molecule has 1 N–H and O–H groups in total. The van der Waals surface area contributed by atoms with Crippen LogP contribution in [-0.2, 0) is 30.9 Å². The van der Waals surface area contributed by atoms with Crippen molar-refractivity contribution in [3.05, 3.63) is 71.9 Å². The Labute approximate surface area is 265 Å². The normalized spacial score (nSPS) is 21.2. The van der Waals surface area contributed by atoms with Gasteiger partial charge >= 0.3 is 5.97 Å². The second-order valence-electron chi connectivity index (χ2n) is 12.2. The van der Waals surface area contributed by atoms with Crippen LogP contribution in [-0.4, -0.2) is 57.7 Å². The molecule has 3 aliphatic carbocycles. The molecule has 5 aromatic rings. The number of aromatic nitrogens is 5. The molecule has 0 saturated heterocycles. The van der Waals surface area contributed by atoms with Crippen molar-refractivity contribution in [3.8, 4) is 11.4 Å². The van der Waals surface area contributed by atoms with Gasteiger partial charge in [0.15, 0.2) is 17.3 Å². The average Bonchev–Trinajstić information content (AvgIpc) is 3.63. The maximum absolute atomic E-state index is 14.7. The van der Waals surface area contributed by atoms with Crippen LogP contribution in [0.2, 0.25) is 0 Å². The van der Waals surface area contributed by atoms with E-state index in [1.807, 2.05) is 26.1 Å². The smallest absolute Gasteiger partial charge is 0.311 e. The predicted octanol–water partition coefficient (Wildman–Crippen LogP) is 5.36. The number of methoxy groups -OCH3 is 1. The molecule has 0 spiro atoms. The van der Waals surface area contributed by atoms with E-state index >= 15 is 0 Å². The van der Waals surface area contributed by atoms with Gasteiger partial charge in [-0.1, -0.05) is 17.7 Å². The number of anilines is 1. The number of nitrogens with zero attached hydrogens (tertiary/aromatic N) is 5. The van der Waals surface area contributed by atoms with Gasteiger partial charge in [0, 0.05) is 36.5 Å². The molecule has 4 heterocycles. The van der Waals surface area contributed by atoms with Crippen LogP contribution >= 0.6 is 0 Å². The minimum atomic E-state index is -4.10. The van der Waals surface area contributed by atoms with E-state index in [-0.39, 0.29) is 57.1 Å². The van der Waals surface area contributed by atoms with E-state index in [9.17, 15) is 17.6 Å². The molecule has 2 bridgehead atoms. The number of carbonyl (C=O) groups excluding carboxylic acids is 1. The summed E-state index contributed by atoms with van der Waals surface area (Å²) in [5, 5.41) is 8.60. The van der Waals surface area contributed by atoms with Crippen LogP contribution < -0.4 is 5.32 Å². The Hall–Kier alpha value is -4.36. The van der Waals surface area contributed by atoms with Gasteiger partial charge in [-0.05, 0) is 81.2 Å². The van der Waals surface area contributed by atoms with Crippen LogP contribution in [0.4, 0.5) is 10.2 Å². The molecule has 3 aliphatic rings. The number of halogens is 1. The fourth-order valence-corrected chi connectivity index (χ4v) is 8.47. The number of rotatable bonds is 9. The number of ether oxygens (including phenoxy) is 2. The summed E-state index contributed by atoms with van der Waals surface area (Å²) in [5.74, 6) is -0.0398. The van der Waals surface area contributed by atoms with E-state index in [1.165, 1.54) is 24.4 Å². The van der Waals surface area contributed by atoms with Gasteiger partial charge in [0.1, 0.15) is 11.3 Å². The van der Waals surface area contributed by atoms with E-state index in [1.54, 1.807) is 23.8 Å². The average molecular weight is 647 g/mol. The van der Waals surface area contributed by atoms with E-state index in [0.717, 1.165) is 47.0 Å². The van der Waals surface area contributed by atoms with Crippen molar-refractivity contribution in [1.29, 1.82) is 0 Å². The number of carbonyl (C=O) groups is 1. The highest BCUT2D eigenvalue weighted by molar-refractivity contribution is 7.90. The third-order valence-corrected chi connectivity index (χ3v) is 11.0. The lowest BCUT2D eigenvalue weighted by Crippen LogP contribution is -2.52. The lowest BCUT2D eigenvalue weighted by molar-refractivity contribution is -0.154. The first-order valence-electron chi connectivity index (χ1n) is 15.5. The van der Waals surface area contributed by atoms with Crippen molar-refractivity contribution in [2.45, 2.75) is 57.1 Å². The highest BCUT2D eigenvalue weighted by Crippen LogP contribution is 2.47. The molecule has 0 amide bonds. The minimum Gasteiger partial charge on any atom is -0.466 e.